The molecule has 0 saturated carbocycles. The zero-order valence-electron chi connectivity index (χ0n) is 15.3. The summed E-state index contributed by atoms with van der Waals surface area (Å²) in [6.07, 6.45) is 5.17. The number of hydrogen-bond donors (Lipinski definition) is 0. The second-order valence-corrected chi connectivity index (χ2v) is 7.03. The summed E-state index contributed by atoms with van der Waals surface area (Å²) in [7, 11) is 0. The van der Waals surface area contributed by atoms with Crippen LogP contribution in [0.25, 0.3) is 0 Å². The van der Waals surface area contributed by atoms with E-state index in [-0.39, 0.29) is 17.9 Å². The fraction of sp³-hybridized carbons (Fsp3) is 0.632. The molecule has 2 aliphatic heterocycles. The number of amides is 2. The molecule has 0 aliphatic carbocycles. The summed E-state index contributed by atoms with van der Waals surface area (Å²) < 4.78 is 0. The molecular formula is C19H28N4O2. The van der Waals surface area contributed by atoms with Gasteiger partial charge in [0.1, 0.15) is 0 Å². The van der Waals surface area contributed by atoms with E-state index in [0.717, 1.165) is 44.7 Å². The second kappa shape index (κ2) is 7.95. The number of piperazine rings is 1. The fourth-order valence-corrected chi connectivity index (χ4v) is 3.73. The zero-order chi connectivity index (χ0) is 17.8. The molecule has 2 fully saturated rings. The Morgan fingerprint density at radius 3 is 2.32 bits per heavy atom. The summed E-state index contributed by atoms with van der Waals surface area (Å²) in [4.78, 5) is 35.6. The molecule has 6 nitrogen and oxygen atoms in total. The van der Waals surface area contributed by atoms with E-state index >= 15 is 0 Å². The van der Waals surface area contributed by atoms with Crippen LogP contribution in [0, 0.1) is 6.92 Å². The van der Waals surface area contributed by atoms with Gasteiger partial charge in [0.05, 0.1) is 11.6 Å². The molecule has 2 aliphatic rings. The average Bonchev–Trinajstić information content (AvgIpc) is 2.67. The van der Waals surface area contributed by atoms with Gasteiger partial charge in [-0.25, -0.2) is 0 Å². The first kappa shape index (κ1) is 17.9. The standard InChI is InChI=1S/C19H28N4O2/c1-15-17(7-6-8-20-15)19(25)23-13-11-21(12-14-23)16(2)18(24)22-9-4-3-5-10-22/h6-8,16H,3-5,9-14H2,1-2H3/t16-/m1/s1. The highest BCUT2D eigenvalue weighted by atomic mass is 16.2. The van der Waals surface area contributed by atoms with Gasteiger partial charge in [0, 0.05) is 51.2 Å². The molecule has 2 amide bonds. The van der Waals surface area contributed by atoms with Crippen molar-refractivity contribution in [3.63, 3.8) is 0 Å². The van der Waals surface area contributed by atoms with E-state index < -0.39 is 0 Å². The maximum Gasteiger partial charge on any atom is 0.255 e. The van der Waals surface area contributed by atoms with E-state index in [9.17, 15) is 9.59 Å². The van der Waals surface area contributed by atoms with Gasteiger partial charge in [0.25, 0.3) is 5.91 Å². The van der Waals surface area contributed by atoms with Crippen molar-refractivity contribution in [3.05, 3.63) is 29.6 Å². The number of aryl methyl sites for hydroxylation is 1. The van der Waals surface area contributed by atoms with Gasteiger partial charge in [0.2, 0.25) is 5.91 Å². The lowest BCUT2D eigenvalue weighted by Gasteiger charge is -2.39. The number of hydrogen-bond acceptors (Lipinski definition) is 4. The Labute approximate surface area is 149 Å². The van der Waals surface area contributed by atoms with Crippen molar-refractivity contribution in [2.45, 2.75) is 39.2 Å². The summed E-state index contributed by atoms with van der Waals surface area (Å²) >= 11 is 0. The maximum absolute atomic E-state index is 12.7. The number of piperidine rings is 1. The third-order valence-corrected chi connectivity index (χ3v) is 5.41. The molecular weight excluding hydrogens is 316 g/mol. The first-order valence-corrected chi connectivity index (χ1v) is 9.31. The SMILES string of the molecule is Cc1ncccc1C(=O)N1CCN([C@H](C)C(=O)N2CCCCC2)CC1. The van der Waals surface area contributed by atoms with E-state index in [1.165, 1.54) is 6.42 Å². The molecule has 1 aromatic heterocycles. The number of likely N-dealkylation sites (tertiary alicyclic amines) is 1. The van der Waals surface area contributed by atoms with Gasteiger partial charge in [-0.2, -0.15) is 0 Å². The van der Waals surface area contributed by atoms with Crippen molar-refractivity contribution in [3.8, 4) is 0 Å². The van der Waals surface area contributed by atoms with Gasteiger partial charge in [-0.1, -0.05) is 0 Å². The monoisotopic (exact) mass is 344 g/mol. The van der Waals surface area contributed by atoms with Crippen LogP contribution in [0.4, 0.5) is 0 Å². The van der Waals surface area contributed by atoms with Crippen molar-refractivity contribution in [1.29, 1.82) is 0 Å². The van der Waals surface area contributed by atoms with Crippen LogP contribution in [-0.2, 0) is 4.79 Å². The highest BCUT2D eigenvalue weighted by Crippen LogP contribution is 2.16. The molecule has 1 atom stereocenters. The molecule has 136 valence electrons. The largest absolute Gasteiger partial charge is 0.341 e. The molecule has 0 N–H and O–H groups in total. The van der Waals surface area contributed by atoms with Gasteiger partial charge in [0.15, 0.2) is 0 Å². The highest BCUT2D eigenvalue weighted by molar-refractivity contribution is 5.95. The van der Waals surface area contributed by atoms with Crippen LogP contribution in [0.15, 0.2) is 18.3 Å². The molecule has 0 bridgehead atoms. The minimum absolute atomic E-state index is 0.0419. The van der Waals surface area contributed by atoms with Gasteiger partial charge in [-0.15, -0.1) is 0 Å². The van der Waals surface area contributed by atoms with Gasteiger partial charge in [-0.3, -0.25) is 19.5 Å². The Bertz CT molecular complexity index is 620. The summed E-state index contributed by atoms with van der Waals surface area (Å²) in [6.45, 7) is 8.44. The molecule has 0 unspecified atom stereocenters. The molecule has 0 radical (unpaired) electrons. The van der Waals surface area contributed by atoms with Gasteiger partial charge in [-0.05, 0) is 45.2 Å². The van der Waals surface area contributed by atoms with E-state index in [0.29, 0.717) is 18.7 Å². The quantitative estimate of drug-likeness (QED) is 0.835. The zero-order valence-corrected chi connectivity index (χ0v) is 15.3. The smallest absolute Gasteiger partial charge is 0.255 e. The first-order valence-electron chi connectivity index (χ1n) is 9.31. The van der Waals surface area contributed by atoms with Crippen LogP contribution in [0.1, 0.15) is 42.2 Å². The van der Waals surface area contributed by atoms with Crippen molar-refractivity contribution in [2.75, 3.05) is 39.3 Å². The first-order chi connectivity index (χ1) is 12.1. The maximum atomic E-state index is 12.7. The Hall–Kier alpha value is -1.95. The van der Waals surface area contributed by atoms with Crippen molar-refractivity contribution >= 4 is 11.8 Å². The van der Waals surface area contributed by atoms with Crippen LogP contribution in [0.5, 0.6) is 0 Å². The number of nitrogens with zero attached hydrogens (tertiary/aromatic N) is 4. The van der Waals surface area contributed by atoms with Crippen LogP contribution < -0.4 is 0 Å². The fourth-order valence-electron chi connectivity index (χ4n) is 3.73. The van der Waals surface area contributed by atoms with E-state index in [1.807, 2.05) is 29.7 Å². The van der Waals surface area contributed by atoms with Gasteiger partial charge >= 0.3 is 0 Å². The third-order valence-electron chi connectivity index (χ3n) is 5.41. The molecule has 3 rings (SSSR count). The lowest BCUT2D eigenvalue weighted by Crippen LogP contribution is -2.56. The molecule has 2 saturated heterocycles. The predicted octanol–water partition coefficient (Wildman–Crippen LogP) is 1.55. The molecule has 3 heterocycles. The third kappa shape index (κ3) is 4.00. The Morgan fingerprint density at radius 1 is 1.00 bits per heavy atom. The summed E-state index contributed by atoms with van der Waals surface area (Å²) in [6, 6.07) is 3.53. The van der Waals surface area contributed by atoms with Crippen molar-refractivity contribution in [2.24, 2.45) is 0 Å². The van der Waals surface area contributed by atoms with Crippen LogP contribution >= 0.6 is 0 Å². The van der Waals surface area contributed by atoms with Crippen LogP contribution in [-0.4, -0.2) is 76.8 Å². The normalized spacial score (nSPS) is 20.4. The van der Waals surface area contributed by atoms with Crippen LogP contribution in [0.3, 0.4) is 0 Å². The molecule has 25 heavy (non-hydrogen) atoms. The lowest BCUT2D eigenvalue weighted by molar-refractivity contribution is -0.137. The second-order valence-electron chi connectivity index (χ2n) is 7.03. The number of aromatic nitrogens is 1. The summed E-state index contributed by atoms with van der Waals surface area (Å²) in [5.74, 6) is 0.280. The highest BCUT2D eigenvalue weighted by Gasteiger charge is 2.31. The summed E-state index contributed by atoms with van der Waals surface area (Å²) in [5.41, 5.74) is 1.44. The van der Waals surface area contributed by atoms with E-state index in [2.05, 4.69) is 9.88 Å². The Balaban J connectivity index is 1.55. The van der Waals surface area contributed by atoms with Crippen LogP contribution in [0.2, 0.25) is 0 Å². The average molecular weight is 344 g/mol. The molecule has 0 aromatic carbocycles. The van der Waals surface area contributed by atoms with E-state index in [1.54, 1.807) is 12.3 Å². The number of rotatable bonds is 3. The minimum atomic E-state index is -0.101. The minimum Gasteiger partial charge on any atom is -0.341 e. The Kier molecular flexibility index (Phi) is 5.68. The molecule has 0 spiro atoms. The van der Waals surface area contributed by atoms with E-state index in [4.69, 9.17) is 0 Å². The predicted molar refractivity (Wildman–Crippen MR) is 96.3 cm³/mol. The van der Waals surface area contributed by atoms with Crippen molar-refractivity contribution < 1.29 is 9.59 Å². The lowest BCUT2D eigenvalue weighted by atomic mass is 10.1. The van der Waals surface area contributed by atoms with Crippen molar-refractivity contribution in [1.82, 2.24) is 19.7 Å². The number of pyridine rings is 1. The molecule has 1 aromatic rings. The number of carbonyl (C=O) groups is 2. The molecule has 6 heteroatoms. The topological polar surface area (TPSA) is 56.8 Å². The Morgan fingerprint density at radius 2 is 1.68 bits per heavy atom. The van der Waals surface area contributed by atoms with Gasteiger partial charge < -0.3 is 9.80 Å². The number of carbonyl (C=O) groups excluding carboxylic acids is 2. The summed E-state index contributed by atoms with van der Waals surface area (Å²) in [5, 5.41) is 0.